The first-order valence-corrected chi connectivity index (χ1v) is 4.28. The largest absolute Gasteiger partial charge is 0.157 e. The van der Waals surface area contributed by atoms with Crippen LogP contribution in [0.4, 0.5) is 0 Å². The fourth-order valence-corrected chi connectivity index (χ4v) is 1.16. The highest BCUT2D eigenvalue weighted by Crippen LogP contribution is 2.11. The fourth-order valence-electron chi connectivity index (χ4n) is 1.04. The molecule has 4 heteroatoms. The second-order valence-corrected chi connectivity index (χ2v) is 3.19. The molecular formula is C9H8ClN3. The van der Waals surface area contributed by atoms with Gasteiger partial charge in [0.05, 0.1) is 17.6 Å². The van der Waals surface area contributed by atoms with Gasteiger partial charge in [-0.15, -0.1) is 0 Å². The van der Waals surface area contributed by atoms with Gasteiger partial charge in [0.25, 0.3) is 0 Å². The van der Waals surface area contributed by atoms with Gasteiger partial charge in [-0.05, 0) is 31.2 Å². The SMILES string of the molecule is Cc1cnn(-c2ccc(Cl)cc2)n1. The molecule has 0 saturated carbocycles. The Morgan fingerprint density at radius 2 is 1.92 bits per heavy atom. The van der Waals surface area contributed by atoms with Gasteiger partial charge in [0.1, 0.15) is 0 Å². The molecule has 0 radical (unpaired) electrons. The highest BCUT2D eigenvalue weighted by Gasteiger charge is 1.98. The van der Waals surface area contributed by atoms with Gasteiger partial charge >= 0.3 is 0 Å². The summed E-state index contributed by atoms with van der Waals surface area (Å²) in [6, 6.07) is 7.38. The lowest BCUT2D eigenvalue weighted by atomic mass is 10.3. The Kier molecular flexibility index (Phi) is 2.02. The molecule has 3 nitrogen and oxygen atoms in total. The molecule has 0 N–H and O–H groups in total. The highest BCUT2D eigenvalue weighted by molar-refractivity contribution is 6.30. The molecule has 0 fully saturated rings. The molecule has 1 aromatic carbocycles. The minimum absolute atomic E-state index is 0.715. The summed E-state index contributed by atoms with van der Waals surface area (Å²) in [6.45, 7) is 1.90. The molecule has 0 amide bonds. The van der Waals surface area contributed by atoms with Crippen LogP contribution in [0.1, 0.15) is 5.69 Å². The molecule has 0 atom stereocenters. The Morgan fingerprint density at radius 3 is 2.46 bits per heavy atom. The maximum atomic E-state index is 5.75. The lowest BCUT2D eigenvalue weighted by Gasteiger charge is -1.97. The molecule has 0 bridgehead atoms. The summed E-state index contributed by atoms with van der Waals surface area (Å²) in [6.07, 6.45) is 1.72. The van der Waals surface area contributed by atoms with Gasteiger partial charge in [0.15, 0.2) is 0 Å². The Hall–Kier alpha value is -1.35. The summed E-state index contributed by atoms with van der Waals surface area (Å²) >= 11 is 5.75. The van der Waals surface area contributed by atoms with Crippen molar-refractivity contribution in [2.75, 3.05) is 0 Å². The van der Waals surface area contributed by atoms with E-state index in [2.05, 4.69) is 10.2 Å². The lowest BCUT2D eigenvalue weighted by Crippen LogP contribution is -1.97. The van der Waals surface area contributed by atoms with Crippen molar-refractivity contribution in [2.24, 2.45) is 0 Å². The van der Waals surface area contributed by atoms with Crippen LogP contribution in [0.25, 0.3) is 5.69 Å². The van der Waals surface area contributed by atoms with E-state index in [0.29, 0.717) is 5.02 Å². The molecule has 0 aliphatic heterocycles. The predicted molar refractivity (Wildman–Crippen MR) is 51.1 cm³/mol. The second-order valence-electron chi connectivity index (χ2n) is 2.75. The standard InChI is InChI=1S/C9H8ClN3/c1-7-6-11-13(12-7)9-4-2-8(10)3-5-9/h2-6H,1H3. The Bertz CT molecular complexity index is 405. The van der Waals surface area contributed by atoms with E-state index in [9.17, 15) is 0 Å². The van der Waals surface area contributed by atoms with E-state index in [1.807, 2.05) is 31.2 Å². The molecule has 0 aliphatic carbocycles. The zero-order valence-corrected chi connectivity index (χ0v) is 7.86. The Morgan fingerprint density at radius 1 is 1.23 bits per heavy atom. The number of hydrogen-bond acceptors (Lipinski definition) is 2. The summed E-state index contributed by atoms with van der Waals surface area (Å²) in [7, 11) is 0. The zero-order valence-electron chi connectivity index (χ0n) is 7.11. The summed E-state index contributed by atoms with van der Waals surface area (Å²) in [5.74, 6) is 0. The van der Waals surface area contributed by atoms with E-state index < -0.39 is 0 Å². The number of hydrogen-bond donors (Lipinski definition) is 0. The molecule has 0 aliphatic rings. The van der Waals surface area contributed by atoms with E-state index in [0.717, 1.165) is 11.4 Å². The van der Waals surface area contributed by atoms with Gasteiger partial charge in [0, 0.05) is 5.02 Å². The van der Waals surface area contributed by atoms with Crippen molar-refractivity contribution in [3.8, 4) is 5.69 Å². The highest BCUT2D eigenvalue weighted by atomic mass is 35.5. The van der Waals surface area contributed by atoms with Gasteiger partial charge in [-0.3, -0.25) is 0 Å². The fraction of sp³-hybridized carbons (Fsp3) is 0.111. The van der Waals surface area contributed by atoms with Crippen molar-refractivity contribution in [1.82, 2.24) is 15.0 Å². The van der Waals surface area contributed by atoms with Crippen molar-refractivity contribution in [2.45, 2.75) is 6.92 Å². The van der Waals surface area contributed by atoms with Crippen molar-refractivity contribution in [3.05, 3.63) is 41.2 Å². The first kappa shape index (κ1) is 8.26. The number of rotatable bonds is 1. The van der Waals surface area contributed by atoms with Crippen molar-refractivity contribution < 1.29 is 0 Å². The average molecular weight is 194 g/mol. The van der Waals surface area contributed by atoms with Crippen LogP contribution < -0.4 is 0 Å². The van der Waals surface area contributed by atoms with Gasteiger partial charge in [-0.2, -0.15) is 15.0 Å². The van der Waals surface area contributed by atoms with Crippen LogP contribution in [-0.4, -0.2) is 15.0 Å². The van der Waals surface area contributed by atoms with Crippen LogP contribution in [0, 0.1) is 6.92 Å². The normalized spacial score (nSPS) is 10.3. The van der Waals surface area contributed by atoms with Crippen LogP contribution in [0.5, 0.6) is 0 Å². The number of aryl methyl sites for hydroxylation is 1. The molecule has 66 valence electrons. The maximum absolute atomic E-state index is 5.75. The van der Waals surface area contributed by atoms with Crippen LogP contribution >= 0.6 is 11.6 Å². The van der Waals surface area contributed by atoms with E-state index in [1.165, 1.54) is 0 Å². The van der Waals surface area contributed by atoms with Crippen LogP contribution in [0.3, 0.4) is 0 Å². The number of aromatic nitrogens is 3. The van der Waals surface area contributed by atoms with Crippen LogP contribution in [-0.2, 0) is 0 Å². The molecule has 1 heterocycles. The molecule has 0 saturated heterocycles. The van der Waals surface area contributed by atoms with E-state index >= 15 is 0 Å². The molecule has 1 aromatic heterocycles. The quantitative estimate of drug-likeness (QED) is 0.696. The van der Waals surface area contributed by atoms with Gasteiger partial charge in [-0.1, -0.05) is 11.6 Å². The van der Waals surface area contributed by atoms with Crippen molar-refractivity contribution in [3.63, 3.8) is 0 Å². The Balaban J connectivity index is 2.41. The van der Waals surface area contributed by atoms with Gasteiger partial charge < -0.3 is 0 Å². The molecule has 2 aromatic rings. The first-order chi connectivity index (χ1) is 6.25. The summed E-state index contributed by atoms with van der Waals surface area (Å²) < 4.78 is 0. The van der Waals surface area contributed by atoms with Gasteiger partial charge in [-0.25, -0.2) is 0 Å². The lowest BCUT2D eigenvalue weighted by molar-refractivity contribution is 0.746. The minimum atomic E-state index is 0.715. The molecular weight excluding hydrogens is 186 g/mol. The maximum Gasteiger partial charge on any atom is 0.0857 e. The predicted octanol–water partition coefficient (Wildman–Crippen LogP) is 2.23. The number of benzene rings is 1. The third kappa shape index (κ3) is 1.70. The van der Waals surface area contributed by atoms with Crippen LogP contribution in [0.15, 0.2) is 30.5 Å². The zero-order chi connectivity index (χ0) is 9.26. The third-order valence-electron chi connectivity index (χ3n) is 1.66. The summed E-state index contributed by atoms with van der Waals surface area (Å²) in [4.78, 5) is 1.58. The van der Waals surface area contributed by atoms with Crippen LogP contribution in [0.2, 0.25) is 5.02 Å². The van der Waals surface area contributed by atoms with E-state index in [-0.39, 0.29) is 0 Å². The smallest absolute Gasteiger partial charge is 0.0857 e. The van der Waals surface area contributed by atoms with Crippen molar-refractivity contribution in [1.29, 1.82) is 0 Å². The Labute approximate surface area is 81.0 Å². The minimum Gasteiger partial charge on any atom is -0.157 e. The summed E-state index contributed by atoms with van der Waals surface area (Å²) in [5.41, 5.74) is 1.81. The molecule has 13 heavy (non-hydrogen) atoms. The molecule has 0 spiro atoms. The number of halogens is 1. The molecule has 0 unspecified atom stereocenters. The first-order valence-electron chi connectivity index (χ1n) is 3.90. The monoisotopic (exact) mass is 193 g/mol. The van der Waals surface area contributed by atoms with E-state index in [4.69, 9.17) is 11.6 Å². The number of nitrogens with zero attached hydrogens (tertiary/aromatic N) is 3. The van der Waals surface area contributed by atoms with Gasteiger partial charge in [0.2, 0.25) is 0 Å². The topological polar surface area (TPSA) is 30.7 Å². The summed E-state index contributed by atoms with van der Waals surface area (Å²) in [5, 5.41) is 8.97. The van der Waals surface area contributed by atoms with E-state index in [1.54, 1.807) is 11.0 Å². The third-order valence-corrected chi connectivity index (χ3v) is 1.92. The second kappa shape index (κ2) is 3.18. The average Bonchev–Trinajstić information content (AvgIpc) is 2.53. The van der Waals surface area contributed by atoms with Crippen molar-refractivity contribution >= 4 is 11.6 Å². The molecule has 2 rings (SSSR count).